The predicted octanol–water partition coefficient (Wildman–Crippen LogP) is 4.58. The fourth-order valence-electron chi connectivity index (χ4n) is 3.44. The van der Waals surface area contributed by atoms with Crippen LogP contribution in [0.2, 0.25) is 0 Å². The molecule has 122 valence electrons. The number of nitrogens with zero attached hydrogens (tertiary/aromatic N) is 2. The fourth-order valence-corrected chi connectivity index (χ4v) is 3.44. The van der Waals surface area contributed by atoms with Crippen LogP contribution >= 0.6 is 0 Å². The van der Waals surface area contributed by atoms with Gasteiger partial charge < -0.3 is 5.11 Å². The standard InChI is InChI=1S/C19H24N2O2/c1-4-18(2)7-9-19(3,10-8-18)17-20-12-14-11-13(16(22)23)5-6-15(14)21-17/h5-6,11-12H,4,7-10H2,1-3H3,(H,22,23). The molecule has 0 bridgehead atoms. The van der Waals surface area contributed by atoms with E-state index >= 15 is 0 Å². The van der Waals surface area contributed by atoms with Crippen molar-refractivity contribution in [3.63, 3.8) is 0 Å². The SMILES string of the molecule is CCC1(C)CCC(C)(c2ncc3cc(C(=O)O)ccc3n2)CC1. The summed E-state index contributed by atoms with van der Waals surface area (Å²) in [6.45, 7) is 6.91. The van der Waals surface area contributed by atoms with Gasteiger partial charge >= 0.3 is 5.97 Å². The summed E-state index contributed by atoms with van der Waals surface area (Å²) in [6, 6.07) is 5.03. The highest BCUT2D eigenvalue weighted by Gasteiger charge is 2.39. The van der Waals surface area contributed by atoms with Gasteiger partial charge in [0.05, 0.1) is 11.1 Å². The number of hydrogen-bond acceptors (Lipinski definition) is 3. The molecule has 0 saturated heterocycles. The summed E-state index contributed by atoms with van der Waals surface area (Å²) in [7, 11) is 0. The summed E-state index contributed by atoms with van der Waals surface area (Å²) in [4.78, 5) is 20.4. The Labute approximate surface area is 137 Å². The Kier molecular flexibility index (Phi) is 3.86. The van der Waals surface area contributed by atoms with E-state index in [0.717, 1.165) is 29.6 Å². The van der Waals surface area contributed by atoms with Crippen molar-refractivity contribution < 1.29 is 9.90 Å². The maximum absolute atomic E-state index is 11.1. The summed E-state index contributed by atoms with van der Waals surface area (Å²) in [5.74, 6) is -0.0275. The van der Waals surface area contributed by atoms with E-state index in [-0.39, 0.29) is 11.0 Å². The second-order valence-corrected chi connectivity index (χ2v) is 7.50. The fraction of sp³-hybridized carbons (Fsp3) is 0.526. The van der Waals surface area contributed by atoms with Crippen LogP contribution in [0.25, 0.3) is 10.9 Å². The van der Waals surface area contributed by atoms with Crippen LogP contribution in [0.4, 0.5) is 0 Å². The van der Waals surface area contributed by atoms with E-state index in [9.17, 15) is 4.79 Å². The molecule has 0 radical (unpaired) electrons. The van der Waals surface area contributed by atoms with E-state index < -0.39 is 5.97 Å². The molecule has 1 heterocycles. The number of aromatic nitrogens is 2. The first kappa shape index (κ1) is 15.9. The molecule has 1 N–H and O–H groups in total. The molecule has 0 unspecified atom stereocenters. The molecule has 1 aromatic carbocycles. The van der Waals surface area contributed by atoms with Crippen LogP contribution in [0.15, 0.2) is 24.4 Å². The first-order valence-corrected chi connectivity index (χ1v) is 8.36. The lowest BCUT2D eigenvalue weighted by atomic mass is 9.64. The number of carboxylic acid groups (broad SMARTS) is 1. The van der Waals surface area contributed by atoms with Gasteiger partial charge in [-0.1, -0.05) is 27.2 Å². The Morgan fingerprint density at radius 3 is 2.52 bits per heavy atom. The average Bonchev–Trinajstić information content (AvgIpc) is 2.57. The zero-order chi connectivity index (χ0) is 16.7. The largest absolute Gasteiger partial charge is 0.478 e. The van der Waals surface area contributed by atoms with Crippen LogP contribution in [0.3, 0.4) is 0 Å². The van der Waals surface area contributed by atoms with Crippen molar-refractivity contribution >= 4 is 16.9 Å². The quantitative estimate of drug-likeness (QED) is 0.901. The Morgan fingerprint density at radius 1 is 1.22 bits per heavy atom. The van der Waals surface area contributed by atoms with Crippen molar-refractivity contribution in [1.82, 2.24) is 9.97 Å². The monoisotopic (exact) mass is 312 g/mol. The van der Waals surface area contributed by atoms with E-state index in [4.69, 9.17) is 10.1 Å². The number of aromatic carboxylic acids is 1. The predicted molar refractivity (Wildman–Crippen MR) is 90.7 cm³/mol. The molecule has 1 saturated carbocycles. The number of benzene rings is 1. The summed E-state index contributed by atoms with van der Waals surface area (Å²) >= 11 is 0. The lowest BCUT2D eigenvalue weighted by Gasteiger charge is -2.42. The molecule has 0 atom stereocenters. The summed E-state index contributed by atoms with van der Waals surface area (Å²) in [6.07, 6.45) is 7.62. The topological polar surface area (TPSA) is 63.1 Å². The smallest absolute Gasteiger partial charge is 0.335 e. The lowest BCUT2D eigenvalue weighted by molar-refractivity contribution is 0.0697. The lowest BCUT2D eigenvalue weighted by Crippen LogP contribution is -2.34. The molecular weight excluding hydrogens is 288 g/mol. The van der Waals surface area contributed by atoms with Gasteiger partial charge in [-0.15, -0.1) is 0 Å². The van der Waals surface area contributed by atoms with Crippen LogP contribution in [-0.4, -0.2) is 21.0 Å². The van der Waals surface area contributed by atoms with Gasteiger partial charge in [0, 0.05) is 17.0 Å². The average molecular weight is 312 g/mol. The third-order valence-electron chi connectivity index (χ3n) is 5.78. The molecule has 23 heavy (non-hydrogen) atoms. The maximum atomic E-state index is 11.1. The minimum absolute atomic E-state index is 0.0222. The van der Waals surface area contributed by atoms with Crippen LogP contribution in [0.5, 0.6) is 0 Å². The molecule has 1 aliphatic carbocycles. The van der Waals surface area contributed by atoms with Crippen LogP contribution in [0, 0.1) is 5.41 Å². The molecule has 0 aliphatic heterocycles. The van der Waals surface area contributed by atoms with Gasteiger partial charge in [0.15, 0.2) is 0 Å². The van der Waals surface area contributed by atoms with Crippen LogP contribution in [0.1, 0.15) is 69.1 Å². The molecule has 4 nitrogen and oxygen atoms in total. The molecule has 1 aromatic heterocycles. The summed E-state index contributed by atoms with van der Waals surface area (Å²) in [5, 5.41) is 9.86. The van der Waals surface area contributed by atoms with Gasteiger partial charge in [0.25, 0.3) is 0 Å². The van der Waals surface area contributed by atoms with Gasteiger partial charge in [-0.3, -0.25) is 0 Å². The second-order valence-electron chi connectivity index (χ2n) is 7.50. The van der Waals surface area contributed by atoms with Crippen molar-refractivity contribution in [1.29, 1.82) is 0 Å². The van der Waals surface area contributed by atoms with Gasteiger partial charge in [-0.25, -0.2) is 14.8 Å². The van der Waals surface area contributed by atoms with Gasteiger partial charge in [-0.05, 0) is 49.3 Å². The van der Waals surface area contributed by atoms with E-state index in [1.807, 2.05) is 0 Å². The first-order valence-electron chi connectivity index (χ1n) is 8.36. The minimum Gasteiger partial charge on any atom is -0.478 e. The highest BCUT2D eigenvalue weighted by molar-refractivity contribution is 5.93. The van der Waals surface area contributed by atoms with Gasteiger partial charge in [-0.2, -0.15) is 0 Å². The summed E-state index contributed by atoms with van der Waals surface area (Å²) in [5.41, 5.74) is 1.57. The van der Waals surface area contributed by atoms with Crippen molar-refractivity contribution in [3.05, 3.63) is 35.8 Å². The molecular formula is C19H24N2O2. The van der Waals surface area contributed by atoms with Crippen molar-refractivity contribution in [2.75, 3.05) is 0 Å². The maximum Gasteiger partial charge on any atom is 0.335 e. The number of carbonyl (C=O) groups is 1. The van der Waals surface area contributed by atoms with Gasteiger partial charge in [0.1, 0.15) is 5.82 Å². The molecule has 1 aliphatic rings. The number of rotatable bonds is 3. The molecule has 0 spiro atoms. The number of fused-ring (bicyclic) bond motifs is 1. The Balaban J connectivity index is 1.91. The minimum atomic E-state index is -0.922. The van der Waals surface area contributed by atoms with Crippen LogP contribution in [-0.2, 0) is 5.41 Å². The van der Waals surface area contributed by atoms with E-state index in [2.05, 4.69) is 25.8 Å². The second kappa shape index (κ2) is 5.59. The zero-order valence-electron chi connectivity index (χ0n) is 14.1. The van der Waals surface area contributed by atoms with E-state index in [1.165, 1.54) is 19.3 Å². The number of hydrogen-bond donors (Lipinski definition) is 1. The Hall–Kier alpha value is -1.97. The first-order chi connectivity index (χ1) is 10.9. The van der Waals surface area contributed by atoms with Crippen LogP contribution < -0.4 is 0 Å². The highest BCUT2D eigenvalue weighted by atomic mass is 16.4. The third kappa shape index (κ3) is 2.94. The zero-order valence-corrected chi connectivity index (χ0v) is 14.1. The molecule has 1 fully saturated rings. The third-order valence-corrected chi connectivity index (χ3v) is 5.78. The van der Waals surface area contributed by atoms with Crippen molar-refractivity contribution in [3.8, 4) is 0 Å². The Morgan fingerprint density at radius 2 is 1.91 bits per heavy atom. The summed E-state index contributed by atoms with van der Waals surface area (Å²) < 4.78 is 0. The molecule has 4 heteroatoms. The van der Waals surface area contributed by atoms with Crippen molar-refractivity contribution in [2.45, 2.75) is 58.3 Å². The highest BCUT2D eigenvalue weighted by Crippen LogP contribution is 2.47. The molecule has 2 aromatic rings. The molecule has 3 rings (SSSR count). The van der Waals surface area contributed by atoms with E-state index in [1.54, 1.807) is 24.4 Å². The normalized spacial score (nSPS) is 28.0. The van der Waals surface area contributed by atoms with E-state index in [0.29, 0.717) is 5.41 Å². The van der Waals surface area contributed by atoms with Crippen molar-refractivity contribution in [2.24, 2.45) is 5.41 Å². The molecule has 0 amide bonds. The Bertz CT molecular complexity index is 746. The number of carboxylic acids is 1. The van der Waals surface area contributed by atoms with Gasteiger partial charge in [0.2, 0.25) is 0 Å².